The number of hydrogen-bond donors (Lipinski definition) is 4. The van der Waals surface area contributed by atoms with Gasteiger partial charge < -0.3 is 26.2 Å². The highest BCUT2D eigenvalue weighted by molar-refractivity contribution is 5.66. The zero-order chi connectivity index (χ0) is 11.5. The SMILES string of the molecule is CC(=O)OC(C(C)O)(C(C)O)C(C)O.N. The number of carbonyl (C=O) groups excluding carboxylic acids is 1. The van der Waals surface area contributed by atoms with E-state index in [1.165, 1.54) is 20.8 Å². The first-order valence-electron chi connectivity index (χ1n) is 4.49. The van der Waals surface area contributed by atoms with Crippen LogP contribution in [0.15, 0.2) is 0 Å². The molecule has 0 aromatic rings. The molecule has 6 heteroatoms. The third-order valence-corrected chi connectivity index (χ3v) is 2.28. The number of rotatable bonds is 4. The largest absolute Gasteiger partial charge is 0.451 e. The average molecular weight is 223 g/mol. The predicted molar refractivity (Wildman–Crippen MR) is 54.6 cm³/mol. The Hall–Kier alpha value is -0.690. The van der Waals surface area contributed by atoms with Crippen molar-refractivity contribution in [2.75, 3.05) is 0 Å². The molecule has 0 aliphatic carbocycles. The van der Waals surface area contributed by atoms with Crippen molar-refractivity contribution in [1.29, 1.82) is 0 Å². The van der Waals surface area contributed by atoms with Crippen molar-refractivity contribution in [3.8, 4) is 0 Å². The Morgan fingerprint density at radius 1 is 1.07 bits per heavy atom. The standard InChI is InChI=1S/C9H18O5.H3N/c1-5(10)9(6(2)11,7(3)12)14-8(4)13;/h5-7,10-12H,1-4H3;1H3. The van der Waals surface area contributed by atoms with Crippen LogP contribution in [0, 0.1) is 0 Å². The highest BCUT2D eigenvalue weighted by Crippen LogP contribution is 2.26. The van der Waals surface area contributed by atoms with Gasteiger partial charge in [-0.15, -0.1) is 0 Å². The molecule has 92 valence electrons. The first kappa shape index (κ1) is 16.7. The maximum Gasteiger partial charge on any atom is 0.303 e. The zero-order valence-electron chi connectivity index (χ0n) is 9.60. The van der Waals surface area contributed by atoms with Gasteiger partial charge in [0.05, 0.1) is 18.3 Å². The van der Waals surface area contributed by atoms with Crippen LogP contribution in [0.2, 0.25) is 0 Å². The Morgan fingerprint density at radius 3 is 1.40 bits per heavy atom. The Balaban J connectivity index is 0. The van der Waals surface area contributed by atoms with E-state index < -0.39 is 29.9 Å². The van der Waals surface area contributed by atoms with Crippen molar-refractivity contribution in [1.82, 2.24) is 6.15 Å². The van der Waals surface area contributed by atoms with Gasteiger partial charge in [-0.25, -0.2) is 0 Å². The molecule has 0 radical (unpaired) electrons. The number of aliphatic hydroxyl groups is 3. The lowest BCUT2D eigenvalue weighted by Gasteiger charge is -2.40. The topological polar surface area (TPSA) is 122 Å². The summed E-state index contributed by atoms with van der Waals surface area (Å²) in [6, 6.07) is 0. The summed E-state index contributed by atoms with van der Waals surface area (Å²) in [6.45, 7) is 5.20. The van der Waals surface area contributed by atoms with E-state index in [1.54, 1.807) is 0 Å². The molecular weight excluding hydrogens is 202 g/mol. The molecule has 0 aliphatic rings. The predicted octanol–water partition coefficient (Wildman–Crippen LogP) is -0.407. The first-order chi connectivity index (χ1) is 6.25. The Kier molecular flexibility index (Phi) is 6.71. The van der Waals surface area contributed by atoms with Gasteiger partial charge in [-0.05, 0) is 20.8 Å². The van der Waals surface area contributed by atoms with Gasteiger partial charge in [-0.2, -0.15) is 0 Å². The van der Waals surface area contributed by atoms with Gasteiger partial charge in [0.1, 0.15) is 0 Å². The third-order valence-electron chi connectivity index (χ3n) is 2.28. The fourth-order valence-corrected chi connectivity index (χ4v) is 1.55. The first-order valence-corrected chi connectivity index (χ1v) is 4.49. The molecule has 0 bridgehead atoms. The molecule has 0 aromatic heterocycles. The van der Waals surface area contributed by atoms with E-state index in [1.807, 2.05) is 0 Å². The van der Waals surface area contributed by atoms with Crippen molar-refractivity contribution in [2.45, 2.75) is 51.6 Å². The number of carbonyl (C=O) groups is 1. The fourth-order valence-electron chi connectivity index (χ4n) is 1.55. The quantitative estimate of drug-likeness (QED) is 0.481. The smallest absolute Gasteiger partial charge is 0.303 e. The van der Waals surface area contributed by atoms with Crippen LogP contribution in [0.5, 0.6) is 0 Å². The van der Waals surface area contributed by atoms with Crippen LogP contribution in [-0.4, -0.2) is 45.2 Å². The molecule has 3 atom stereocenters. The lowest BCUT2D eigenvalue weighted by atomic mass is 9.86. The van der Waals surface area contributed by atoms with Crippen LogP contribution >= 0.6 is 0 Å². The Bertz CT molecular complexity index is 181. The zero-order valence-corrected chi connectivity index (χ0v) is 9.60. The van der Waals surface area contributed by atoms with Crippen LogP contribution in [0.4, 0.5) is 0 Å². The molecule has 0 saturated carbocycles. The minimum Gasteiger partial charge on any atom is -0.451 e. The second-order valence-corrected chi connectivity index (χ2v) is 3.48. The minimum atomic E-state index is -1.66. The highest BCUT2D eigenvalue weighted by Gasteiger charge is 2.48. The van der Waals surface area contributed by atoms with Crippen molar-refractivity contribution in [2.24, 2.45) is 0 Å². The molecule has 0 fully saturated rings. The number of aliphatic hydroxyl groups excluding tert-OH is 3. The van der Waals surface area contributed by atoms with Crippen LogP contribution in [0.3, 0.4) is 0 Å². The average Bonchev–Trinajstić information content (AvgIpc) is 1.97. The summed E-state index contributed by atoms with van der Waals surface area (Å²) < 4.78 is 4.83. The molecule has 6 N–H and O–H groups in total. The van der Waals surface area contributed by atoms with Crippen molar-refractivity contribution < 1.29 is 24.9 Å². The maximum absolute atomic E-state index is 10.8. The van der Waals surface area contributed by atoms with Gasteiger partial charge >= 0.3 is 5.97 Å². The van der Waals surface area contributed by atoms with Gasteiger partial charge in [0.2, 0.25) is 0 Å². The second-order valence-electron chi connectivity index (χ2n) is 3.48. The number of esters is 1. The van der Waals surface area contributed by atoms with Gasteiger partial charge in [0.25, 0.3) is 0 Å². The van der Waals surface area contributed by atoms with Crippen molar-refractivity contribution in [3.63, 3.8) is 0 Å². The van der Waals surface area contributed by atoms with E-state index in [0.29, 0.717) is 0 Å². The molecular formula is C9H21NO5. The van der Waals surface area contributed by atoms with E-state index in [9.17, 15) is 20.1 Å². The van der Waals surface area contributed by atoms with E-state index in [-0.39, 0.29) is 6.15 Å². The Morgan fingerprint density at radius 2 is 1.33 bits per heavy atom. The molecule has 6 nitrogen and oxygen atoms in total. The van der Waals surface area contributed by atoms with Crippen LogP contribution in [0.25, 0.3) is 0 Å². The normalized spacial score (nSPS) is 20.5. The molecule has 0 amide bonds. The molecule has 0 aromatic carbocycles. The molecule has 0 aliphatic heterocycles. The van der Waals surface area contributed by atoms with Crippen LogP contribution < -0.4 is 6.15 Å². The number of ether oxygens (including phenoxy) is 1. The van der Waals surface area contributed by atoms with E-state index in [0.717, 1.165) is 6.92 Å². The van der Waals surface area contributed by atoms with Crippen molar-refractivity contribution >= 4 is 5.97 Å². The van der Waals surface area contributed by atoms with Crippen LogP contribution in [0.1, 0.15) is 27.7 Å². The molecule has 15 heavy (non-hydrogen) atoms. The second kappa shape index (κ2) is 6.02. The van der Waals surface area contributed by atoms with E-state index >= 15 is 0 Å². The maximum atomic E-state index is 10.8. The summed E-state index contributed by atoms with van der Waals surface area (Å²) in [6.07, 6.45) is -3.48. The summed E-state index contributed by atoms with van der Waals surface area (Å²) >= 11 is 0. The molecule has 0 spiro atoms. The molecule has 0 rings (SSSR count). The summed E-state index contributed by atoms with van der Waals surface area (Å²) in [5, 5.41) is 28.4. The molecule has 0 heterocycles. The van der Waals surface area contributed by atoms with E-state index in [2.05, 4.69) is 0 Å². The fraction of sp³-hybridized carbons (Fsp3) is 0.889. The van der Waals surface area contributed by atoms with Gasteiger partial charge in [0.15, 0.2) is 5.60 Å². The number of hydrogen-bond acceptors (Lipinski definition) is 6. The summed E-state index contributed by atoms with van der Waals surface area (Å²) in [4.78, 5) is 10.8. The lowest BCUT2D eigenvalue weighted by molar-refractivity contribution is -0.217. The summed E-state index contributed by atoms with van der Waals surface area (Å²) in [7, 11) is 0. The van der Waals surface area contributed by atoms with Gasteiger partial charge in [-0.3, -0.25) is 4.79 Å². The third kappa shape index (κ3) is 3.42. The molecule has 0 saturated heterocycles. The monoisotopic (exact) mass is 223 g/mol. The Labute approximate surface area is 89.5 Å². The lowest BCUT2D eigenvalue weighted by Crippen LogP contribution is -2.60. The van der Waals surface area contributed by atoms with Crippen LogP contribution in [-0.2, 0) is 9.53 Å². The van der Waals surface area contributed by atoms with Gasteiger partial charge in [0, 0.05) is 6.92 Å². The van der Waals surface area contributed by atoms with Crippen molar-refractivity contribution in [3.05, 3.63) is 0 Å². The molecule has 3 unspecified atom stereocenters. The summed E-state index contributed by atoms with van der Waals surface area (Å²) in [5.74, 6) is -0.660. The summed E-state index contributed by atoms with van der Waals surface area (Å²) in [5.41, 5.74) is -1.66. The highest BCUT2D eigenvalue weighted by atomic mass is 16.6. The minimum absolute atomic E-state index is 0. The van der Waals surface area contributed by atoms with Gasteiger partial charge in [-0.1, -0.05) is 0 Å². The van der Waals surface area contributed by atoms with E-state index in [4.69, 9.17) is 4.74 Å².